The lowest BCUT2D eigenvalue weighted by Crippen LogP contribution is -2.40. The van der Waals surface area contributed by atoms with E-state index in [1.807, 2.05) is 6.07 Å². The quantitative estimate of drug-likeness (QED) is 0.714. The van der Waals surface area contributed by atoms with Gasteiger partial charge in [0.15, 0.2) is 5.13 Å². The lowest BCUT2D eigenvalue weighted by molar-refractivity contribution is 0.0542. The maximum atomic E-state index is 12.6. The highest BCUT2D eigenvalue weighted by Crippen LogP contribution is 2.31. The zero-order chi connectivity index (χ0) is 20.2. The summed E-state index contributed by atoms with van der Waals surface area (Å²) in [6.45, 7) is 2.39. The summed E-state index contributed by atoms with van der Waals surface area (Å²) in [5.74, 6) is 0.315. The summed E-state index contributed by atoms with van der Waals surface area (Å²) in [5, 5.41) is 24.0. The average molecular weight is 414 g/mol. The van der Waals surface area contributed by atoms with Crippen LogP contribution in [0.2, 0.25) is 0 Å². The van der Waals surface area contributed by atoms with E-state index in [9.17, 15) is 9.90 Å². The molecule has 2 aliphatic heterocycles. The van der Waals surface area contributed by atoms with Gasteiger partial charge in [0.25, 0.3) is 5.91 Å². The van der Waals surface area contributed by atoms with Crippen LogP contribution in [0.3, 0.4) is 0 Å². The number of aliphatic hydroxyl groups is 1. The number of nitriles is 1. The summed E-state index contributed by atoms with van der Waals surface area (Å²) in [7, 11) is 0. The second-order valence-corrected chi connectivity index (χ2v) is 8.14. The molecular weight excluding hydrogens is 390 g/mol. The molecule has 29 heavy (non-hydrogen) atoms. The Morgan fingerprint density at radius 2 is 2.14 bits per heavy atom. The number of aliphatic hydroxyl groups excluding tert-OH is 1. The molecule has 0 aliphatic carbocycles. The molecule has 0 unspecified atom stereocenters. The highest BCUT2D eigenvalue weighted by molar-refractivity contribution is 7.14. The third kappa shape index (κ3) is 4.53. The van der Waals surface area contributed by atoms with Crippen molar-refractivity contribution in [2.24, 2.45) is 0 Å². The lowest BCUT2D eigenvalue weighted by atomic mass is 10.1. The highest BCUT2D eigenvalue weighted by Gasteiger charge is 2.27. The Kier molecular flexibility index (Phi) is 5.99. The van der Waals surface area contributed by atoms with Crippen LogP contribution in [-0.4, -0.2) is 68.0 Å². The third-order valence-corrected chi connectivity index (χ3v) is 6.11. The van der Waals surface area contributed by atoms with E-state index in [4.69, 9.17) is 5.26 Å². The van der Waals surface area contributed by atoms with Crippen LogP contribution in [0.5, 0.6) is 0 Å². The van der Waals surface area contributed by atoms with Crippen molar-refractivity contribution in [1.82, 2.24) is 24.8 Å². The molecule has 2 N–H and O–H groups in total. The predicted molar refractivity (Wildman–Crippen MR) is 108 cm³/mol. The van der Waals surface area contributed by atoms with Gasteiger partial charge in [0, 0.05) is 24.7 Å². The van der Waals surface area contributed by atoms with Crippen LogP contribution in [-0.2, 0) is 0 Å². The normalized spacial score (nSPS) is 20.6. The van der Waals surface area contributed by atoms with Gasteiger partial charge in [0.05, 0.1) is 30.5 Å². The molecule has 1 atom stereocenters. The van der Waals surface area contributed by atoms with Gasteiger partial charge in [-0.3, -0.25) is 9.69 Å². The third-order valence-electron chi connectivity index (χ3n) is 5.35. The number of hydrogen-bond acceptors (Lipinski definition) is 9. The number of amides is 1. The Morgan fingerprint density at radius 1 is 1.31 bits per heavy atom. The molecule has 152 valence electrons. The molecule has 2 fully saturated rings. The zero-order valence-electron chi connectivity index (χ0n) is 16.0. The fourth-order valence-electron chi connectivity index (χ4n) is 3.82. The van der Waals surface area contributed by atoms with Crippen LogP contribution in [0.15, 0.2) is 17.6 Å². The maximum Gasteiger partial charge on any atom is 0.273 e. The molecule has 0 bridgehead atoms. The molecule has 2 aliphatic rings. The smallest absolute Gasteiger partial charge is 0.273 e. The maximum absolute atomic E-state index is 12.6. The Balaban J connectivity index is 1.43. The fourth-order valence-corrected chi connectivity index (χ4v) is 4.49. The zero-order valence-corrected chi connectivity index (χ0v) is 16.8. The van der Waals surface area contributed by atoms with Gasteiger partial charge in [-0.15, -0.1) is 11.3 Å². The summed E-state index contributed by atoms with van der Waals surface area (Å²) in [4.78, 5) is 29.7. The summed E-state index contributed by atoms with van der Waals surface area (Å²) in [6, 6.07) is 4.22. The molecule has 0 spiro atoms. The van der Waals surface area contributed by atoms with Gasteiger partial charge < -0.3 is 15.3 Å². The molecule has 0 radical (unpaired) electrons. The molecule has 10 heteroatoms. The van der Waals surface area contributed by atoms with E-state index >= 15 is 0 Å². The molecule has 2 aromatic heterocycles. The minimum Gasteiger partial charge on any atom is -0.393 e. The van der Waals surface area contributed by atoms with Crippen LogP contribution in [0, 0.1) is 11.3 Å². The van der Waals surface area contributed by atoms with Crippen molar-refractivity contribution in [3.8, 4) is 6.07 Å². The number of carbonyl (C=O) groups excluding carboxylic acids is 1. The van der Waals surface area contributed by atoms with Crippen molar-refractivity contribution in [3.63, 3.8) is 0 Å². The largest absolute Gasteiger partial charge is 0.393 e. The van der Waals surface area contributed by atoms with Gasteiger partial charge in [0.2, 0.25) is 5.95 Å². The number of aromatic nitrogens is 3. The van der Waals surface area contributed by atoms with Crippen molar-refractivity contribution < 1.29 is 9.90 Å². The number of hydrogen-bond donors (Lipinski definition) is 2. The first kappa shape index (κ1) is 19.7. The van der Waals surface area contributed by atoms with E-state index in [1.54, 1.807) is 16.5 Å². The Morgan fingerprint density at radius 3 is 2.93 bits per heavy atom. The molecule has 2 aromatic rings. The summed E-state index contributed by atoms with van der Waals surface area (Å²) in [6.07, 6.45) is 4.60. The monoisotopic (exact) mass is 413 g/mol. The number of carbonyl (C=O) groups is 1. The summed E-state index contributed by atoms with van der Waals surface area (Å²) < 4.78 is 0. The van der Waals surface area contributed by atoms with Crippen molar-refractivity contribution in [1.29, 1.82) is 5.26 Å². The van der Waals surface area contributed by atoms with Gasteiger partial charge in [0.1, 0.15) is 5.69 Å². The van der Waals surface area contributed by atoms with Crippen molar-refractivity contribution in [2.45, 2.75) is 37.8 Å². The number of piperidine rings is 1. The van der Waals surface area contributed by atoms with Gasteiger partial charge in [-0.25, -0.2) is 15.0 Å². The molecular formula is C19H23N7O2S. The van der Waals surface area contributed by atoms with Crippen molar-refractivity contribution >= 4 is 28.3 Å². The number of nitrogens with zero attached hydrogens (tertiary/aromatic N) is 6. The van der Waals surface area contributed by atoms with Crippen LogP contribution in [0.4, 0.5) is 11.1 Å². The van der Waals surface area contributed by atoms with Gasteiger partial charge >= 0.3 is 0 Å². The molecule has 2 saturated heterocycles. The SMILES string of the molecule is N#CCN1CCC[C@H]1c1ccnc(Nc2nc(C(=O)N3CCC(O)CC3)cs2)n1. The van der Waals surface area contributed by atoms with E-state index in [2.05, 4.69) is 31.2 Å². The van der Waals surface area contributed by atoms with Gasteiger partial charge in [-0.05, 0) is 38.3 Å². The van der Waals surface area contributed by atoms with Gasteiger partial charge in [-0.2, -0.15) is 5.26 Å². The van der Waals surface area contributed by atoms with Crippen LogP contribution >= 0.6 is 11.3 Å². The topological polar surface area (TPSA) is 118 Å². The number of nitrogens with one attached hydrogen (secondary N) is 1. The lowest BCUT2D eigenvalue weighted by Gasteiger charge is -2.28. The number of thiazole rings is 1. The van der Waals surface area contributed by atoms with Crippen LogP contribution < -0.4 is 5.32 Å². The summed E-state index contributed by atoms with van der Waals surface area (Å²) in [5.41, 5.74) is 1.27. The number of anilines is 2. The Bertz CT molecular complexity index is 904. The predicted octanol–water partition coefficient (Wildman–Crippen LogP) is 1.93. The fraction of sp³-hybridized carbons (Fsp3) is 0.526. The average Bonchev–Trinajstić information content (AvgIpc) is 3.38. The molecule has 1 amide bonds. The van der Waals surface area contributed by atoms with Crippen molar-refractivity contribution in [2.75, 3.05) is 31.5 Å². The Hall–Kier alpha value is -2.61. The molecule has 0 aromatic carbocycles. The van der Waals surface area contributed by atoms with E-state index in [1.165, 1.54) is 11.3 Å². The second-order valence-electron chi connectivity index (χ2n) is 7.28. The van der Waals surface area contributed by atoms with E-state index in [0.717, 1.165) is 25.1 Å². The molecule has 4 rings (SSSR count). The minimum absolute atomic E-state index is 0.117. The standard InChI is InChI=1S/C19H23N7O2S/c20-6-11-25-8-1-2-16(25)14-3-7-21-18(22-14)24-19-23-15(12-29-19)17(28)26-9-4-13(27)5-10-26/h3,7,12-13,16,27H,1-2,4-5,8-11H2,(H,21,22,23,24)/t16-/m0/s1. The Labute approximate surface area is 173 Å². The number of rotatable bonds is 5. The first-order valence-corrected chi connectivity index (χ1v) is 10.7. The number of likely N-dealkylation sites (tertiary alicyclic amines) is 2. The van der Waals surface area contributed by atoms with E-state index in [0.29, 0.717) is 49.2 Å². The van der Waals surface area contributed by atoms with Crippen LogP contribution in [0.1, 0.15) is 47.9 Å². The van der Waals surface area contributed by atoms with Crippen molar-refractivity contribution in [3.05, 3.63) is 29.0 Å². The van der Waals surface area contributed by atoms with E-state index in [-0.39, 0.29) is 18.1 Å². The van der Waals surface area contributed by atoms with E-state index < -0.39 is 0 Å². The second kappa shape index (κ2) is 8.82. The first-order valence-electron chi connectivity index (χ1n) is 9.78. The van der Waals surface area contributed by atoms with Gasteiger partial charge in [-0.1, -0.05) is 0 Å². The highest BCUT2D eigenvalue weighted by atomic mass is 32.1. The molecule has 9 nitrogen and oxygen atoms in total. The molecule has 4 heterocycles. The van der Waals surface area contributed by atoms with Crippen LogP contribution in [0.25, 0.3) is 0 Å². The molecule has 0 saturated carbocycles. The summed E-state index contributed by atoms with van der Waals surface area (Å²) >= 11 is 1.33. The minimum atomic E-state index is -0.319. The first-order chi connectivity index (χ1) is 14.1.